The summed E-state index contributed by atoms with van der Waals surface area (Å²) in [6.07, 6.45) is 10.7. The van der Waals surface area contributed by atoms with Gasteiger partial charge in [-0.05, 0) is 0 Å². The molecule has 0 spiro atoms. The normalized spacial score (nSPS) is 11.3. The Kier molecular flexibility index (Phi) is 2.90. The summed E-state index contributed by atoms with van der Waals surface area (Å²) in [5, 5.41) is 0. The van der Waals surface area contributed by atoms with Gasteiger partial charge in [0.1, 0.15) is 0 Å². The Balaban J connectivity index is 3.27. The van der Waals surface area contributed by atoms with Gasteiger partial charge in [0, 0.05) is 12.3 Å². The molecule has 0 bridgehead atoms. The molecule has 0 nitrogen and oxygen atoms in total. The molecule has 0 aliphatic heterocycles. The minimum absolute atomic E-state index is 0.241. The molecule has 0 saturated heterocycles. The molecule has 0 radical (unpaired) electrons. The molecule has 0 rings (SSSR count). The molecule has 0 N–H and O–H groups in total. The summed E-state index contributed by atoms with van der Waals surface area (Å²) in [5.74, 6) is 5.24. The van der Waals surface area contributed by atoms with Gasteiger partial charge >= 0.3 is 0 Å². The first-order valence-corrected chi connectivity index (χ1v) is 2.21. The van der Waals surface area contributed by atoms with Gasteiger partial charge in [-0.1, -0.05) is 6.92 Å². The van der Waals surface area contributed by atoms with E-state index in [0.29, 0.717) is 6.42 Å². The Labute approximate surface area is 44.9 Å². The maximum absolute atomic E-state index is 5.01. The molecule has 0 aromatic rings. The van der Waals surface area contributed by atoms with E-state index in [9.17, 15) is 0 Å². The Morgan fingerprint density at radius 2 is 2.14 bits per heavy atom. The molecule has 0 aromatic carbocycles. The van der Waals surface area contributed by atoms with Gasteiger partial charge in [-0.25, -0.2) is 0 Å². The Morgan fingerprint density at radius 1 is 1.57 bits per heavy atom. The molecule has 0 heterocycles. The van der Waals surface area contributed by atoms with Crippen molar-refractivity contribution in [1.29, 1.82) is 0 Å². The van der Waals surface area contributed by atoms with Crippen molar-refractivity contribution in [2.24, 2.45) is 5.92 Å². The zero-order chi connectivity index (χ0) is 5.70. The third kappa shape index (κ3) is 2.94. The predicted octanol–water partition coefficient (Wildman–Crippen LogP) is 1.28. The van der Waals surface area contributed by atoms with E-state index in [4.69, 9.17) is 12.8 Å². The zero-order valence-corrected chi connectivity index (χ0v) is 4.44. The third-order valence-electron chi connectivity index (χ3n) is 0.709. The number of terminal acetylenes is 2. The lowest BCUT2D eigenvalue weighted by Gasteiger charge is -1.90. The van der Waals surface area contributed by atoms with Crippen molar-refractivity contribution in [1.82, 2.24) is 0 Å². The fourth-order valence-electron chi connectivity index (χ4n) is 0.236. The van der Waals surface area contributed by atoms with Gasteiger partial charge in [-0.15, -0.1) is 24.7 Å². The minimum atomic E-state index is 0.241. The summed E-state index contributed by atoms with van der Waals surface area (Å²) in [4.78, 5) is 0. The van der Waals surface area contributed by atoms with Gasteiger partial charge in [-0.2, -0.15) is 0 Å². The molecule has 0 aliphatic carbocycles. The van der Waals surface area contributed by atoms with Crippen LogP contribution in [0, 0.1) is 30.6 Å². The Hall–Kier alpha value is -0.880. The number of rotatable bonds is 1. The Bertz CT molecular complexity index is 109. The Morgan fingerprint density at radius 3 is 2.29 bits per heavy atom. The van der Waals surface area contributed by atoms with Gasteiger partial charge in [-0.3, -0.25) is 0 Å². The summed E-state index contributed by atoms with van der Waals surface area (Å²) in [6, 6.07) is 0. The molecule has 1 unspecified atom stereocenters. The molecule has 0 aromatic heterocycles. The van der Waals surface area contributed by atoms with E-state index in [0.717, 1.165) is 0 Å². The second-order valence-electron chi connectivity index (χ2n) is 1.48. The molecule has 0 aliphatic rings. The van der Waals surface area contributed by atoms with E-state index < -0.39 is 0 Å². The minimum Gasteiger partial charge on any atom is -0.120 e. The van der Waals surface area contributed by atoms with Crippen LogP contribution in [0.1, 0.15) is 13.3 Å². The van der Waals surface area contributed by atoms with E-state index in [1.54, 1.807) is 0 Å². The van der Waals surface area contributed by atoms with Crippen LogP contribution < -0.4 is 0 Å². The van der Waals surface area contributed by atoms with Crippen molar-refractivity contribution in [2.45, 2.75) is 13.3 Å². The topological polar surface area (TPSA) is 0 Å². The second-order valence-corrected chi connectivity index (χ2v) is 1.48. The van der Waals surface area contributed by atoms with Crippen molar-refractivity contribution >= 4 is 0 Å². The molecule has 0 heteroatoms. The number of hydrogen-bond acceptors (Lipinski definition) is 0. The predicted molar refractivity (Wildman–Crippen MR) is 31.4 cm³/mol. The van der Waals surface area contributed by atoms with E-state index in [1.807, 2.05) is 6.92 Å². The average Bonchev–Trinajstić information content (AvgIpc) is 1.68. The molecule has 1 atom stereocenters. The second kappa shape index (κ2) is 3.32. The maximum Gasteiger partial charge on any atom is 0.0281 e. The van der Waals surface area contributed by atoms with Crippen molar-refractivity contribution in [2.75, 3.05) is 0 Å². The fourth-order valence-corrected chi connectivity index (χ4v) is 0.236. The lowest BCUT2D eigenvalue weighted by atomic mass is 10.1. The third-order valence-corrected chi connectivity index (χ3v) is 0.709. The fraction of sp³-hybridized carbons (Fsp3) is 0.429. The molecule has 7 heavy (non-hydrogen) atoms. The van der Waals surface area contributed by atoms with Crippen LogP contribution in [0.2, 0.25) is 0 Å². The lowest BCUT2D eigenvalue weighted by molar-refractivity contribution is 0.791. The summed E-state index contributed by atoms with van der Waals surface area (Å²) < 4.78 is 0. The van der Waals surface area contributed by atoms with Crippen molar-refractivity contribution in [3.8, 4) is 24.7 Å². The summed E-state index contributed by atoms with van der Waals surface area (Å²) >= 11 is 0. The SMILES string of the molecule is C#CCC(C)C#C. The van der Waals surface area contributed by atoms with Crippen molar-refractivity contribution in [3.05, 3.63) is 0 Å². The van der Waals surface area contributed by atoms with Crippen LogP contribution in [0.25, 0.3) is 0 Å². The van der Waals surface area contributed by atoms with Crippen LogP contribution in [-0.4, -0.2) is 0 Å². The highest BCUT2D eigenvalue weighted by Gasteiger charge is 1.87. The van der Waals surface area contributed by atoms with Crippen molar-refractivity contribution in [3.63, 3.8) is 0 Å². The average molecular weight is 92.1 g/mol. The lowest BCUT2D eigenvalue weighted by Crippen LogP contribution is -1.83. The first-order chi connectivity index (χ1) is 3.31. The quantitative estimate of drug-likeness (QED) is 0.427. The summed E-state index contributed by atoms with van der Waals surface area (Å²) in [6.45, 7) is 1.93. The van der Waals surface area contributed by atoms with Gasteiger partial charge in [0.05, 0.1) is 0 Å². The maximum atomic E-state index is 5.01. The molecular formula is C7H8. The standard InChI is InChI=1S/C7H8/c1-4-6-7(3)5-2/h1-2,7H,6H2,3H3. The van der Waals surface area contributed by atoms with Crippen LogP contribution in [0.3, 0.4) is 0 Å². The van der Waals surface area contributed by atoms with E-state index >= 15 is 0 Å². The van der Waals surface area contributed by atoms with Gasteiger partial charge in [0.25, 0.3) is 0 Å². The highest BCUT2D eigenvalue weighted by atomic mass is 13.9. The van der Waals surface area contributed by atoms with E-state index in [1.165, 1.54) is 0 Å². The van der Waals surface area contributed by atoms with Gasteiger partial charge in [0.15, 0.2) is 0 Å². The monoisotopic (exact) mass is 92.1 g/mol. The van der Waals surface area contributed by atoms with Gasteiger partial charge in [0.2, 0.25) is 0 Å². The van der Waals surface area contributed by atoms with Gasteiger partial charge < -0.3 is 0 Å². The van der Waals surface area contributed by atoms with E-state index in [2.05, 4.69) is 11.8 Å². The molecular weight excluding hydrogens is 84.1 g/mol. The van der Waals surface area contributed by atoms with Crippen LogP contribution in [0.4, 0.5) is 0 Å². The molecule has 0 fully saturated rings. The molecule has 0 saturated carbocycles. The van der Waals surface area contributed by atoms with Crippen LogP contribution >= 0.6 is 0 Å². The first-order valence-electron chi connectivity index (χ1n) is 2.21. The largest absolute Gasteiger partial charge is 0.120 e. The number of hydrogen-bond donors (Lipinski definition) is 0. The first kappa shape index (κ1) is 6.12. The van der Waals surface area contributed by atoms with Crippen molar-refractivity contribution < 1.29 is 0 Å². The molecule has 36 valence electrons. The van der Waals surface area contributed by atoms with Crippen LogP contribution in [0.5, 0.6) is 0 Å². The smallest absolute Gasteiger partial charge is 0.0281 e. The summed E-state index contributed by atoms with van der Waals surface area (Å²) in [5.41, 5.74) is 0. The summed E-state index contributed by atoms with van der Waals surface area (Å²) in [7, 11) is 0. The van der Waals surface area contributed by atoms with Crippen LogP contribution in [0.15, 0.2) is 0 Å². The molecule has 0 amide bonds. The highest BCUT2D eigenvalue weighted by Crippen LogP contribution is 1.94. The van der Waals surface area contributed by atoms with E-state index in [-0.39, 0.29) is 5.92 Å². The highest BCUT2D eigenvalue weighted by molar-refractivity contribution is 4.98. The zero-order valence-electron chi connectivity index (χ0n) is 4.44. The van der Waals surface area contributed by atoms with Crippen LogP contribution in [-0.2, 0) is 0 Å².